The number of rotatable bonds is 5. The Morgan fingerprint density at radius 3 is 2.22 bits per heavy atom. The molecule has 8 heteroatoms. The van der Waals surface area contributed by atoms with Crippen molar-refractivity contribution < 1.29 is 28.6 Å². The van der Waals surface area contributed by atoms with Gasteiger partial charge in [0.25, 0.3) is 0 Å². The zero-order valence-electron chi connectivity index (χ0n) is 16.8. The average Bonchev–Trinajstić information content (AvgIpc) is 2.44. The van der Waals surface area contributed by atoms with Crippen LogP contribution in [0.4, 0.5) is 19.7 Å². The number of benzene rings is 1. The van der Waals surface area contributed by atoms with E-state index >= 15 is 0 Å². The van der Waals surface area contributed by atoms with Crippen LogP contribution in [0.5, 0.6) is 5.75 Å². The number of hydrogen-bond acceptors (Lipinski definition) is 5. The normalized spacial score (nSPS) is 11.7. The monoisotopic (exact) mass is 384 g/mol. The average molecular weight is 384 g/mol. The second-order valence-electron chi connectivity index (χ2n) is 8.05. The van der Waals surface area contributed by atoms with Gasteiger partial charge in [0.05, 0.1) is 5.69 Å². The second-order valence-corrected chi connectivity index (χ2v) is 8.05. The number of anilines is 1. The first kappa shape index (κ1) is 22.5. The third-order valence-corrected chi connectivity index (χ3v) is 3.07. The minimum Gasteiger partial charge on any atom is -0.506 e. The van der Waals surface area contributed by atoms with E-state index in [0.29, 0.717) is 6.42 Å². The smallest absolute Gasteiger partial charge is 0.414 e. The van der Waals surface area contributed by atoms with E-state index in [1.807, 2.05) is 0 Å². The van der Waals surface area contributed by atoms with Gasteiger partial charge in [0, 0.05) is 19.2 Å². The Bertz CT molecular complexity index is 665. The molecule has 1 aromatic carbocycles. The van der Waals surface area contributed by atoms with E-state index in [0.717, 1.165) is 12.1 Å². The van der Waals surface area contributed by atoms with Crippen molar-refractivity contribution in [1.29, 1.82) is 0 Å². The molecule has 1 rings (SSSR count). The van der Waals surface area contributed by atoms with E-state index in [9.17, 15) is 19.1 Å². The topological polar surface area (TPSA) is 88.1 Å². The molecule has 152 valence electrons. The second kappa shape index (κ2) is 8.92. The van der Waals surface area contributed by atoms with Crippen molar-refractivity contribution in [2.45, 2.75) is 59.2 Å². The van der Waals surface area contributed by atoms with Crippen molar-refractivity contribution in [2.75, 3.05) is 18.0 Å². The molecule has 0 unspecified atom stereocenters. The number of carbonyl (C=O) groups excluding carboxylic acids is 2. The molecule has 2 N–H and O–H groups in total. The minimum atomic E-state index is -0.736. The van der Waals surface area contributed by atoms with Gasteiger partial charge in [0.1, 0.15) is 22.8 Å². The zero-order valence-corrected chi connectivity index (χ0v) is 16.8. The fraction of sp³-hybridized carbons (Fsp3) is 0.579. The molecule has 2 amide bonds. The molecular formula is C19H29FN2O5. The fourth-order valence-electron chi connectivity index (χ4n) is 2.09. The first-order valence-electron chi connectivity index (χ1n) is 8.74. The summed E-state index contributed by atoms with van der Waals surface area (Å²) in [5, 5.41) is 12.6. The molecule has 0 aliphatic heterocycles. The van der Waals surface area contributed by atoms with Gasteiger partial charge in [-0.25, -0.2) is 14.0 Å². The Morgan fingerprint density at radius 2 is 1.70 bits per heavy atom. The molecular weight excluding hydrogens is 355 g/mol. The number of phenols is 1. The lowest BCUT2D eigenvalue weighted by molar-refractivity contribution is 0.0527. The highest BCUT2D eigenvalue weighted by molar-refractivity contribution is 5.89. The fourth-order valence-corrected chi connectivity index (χ4v) is 2.09. The lowest BCUT2D eigenvalue weighted by Gasteiger charge is -2.28. The number of ether oxygens (including phenoxy) is 2. The molecule has 0 bridgehead atoms. The van der Waals surface area contributed by atoms with E-state index in [4.69, 9.17) is 9.47 Å². The number of phenolic OH excluding ortho intramolecular Hbond substituents is 1. The third-order valence-electron chi connectivity index (χ3n) is 3.07. The van der Waals surface area contributed by atoms with Gasteiger partial charge in [-0.2, -0.15) is 0 Å². The Labute approximate surface area is 159 Å². The third kappa shape index (κ3) is 8.61. The number of nitrogens with one attached hydrogen (secondary N) is 1. The Hall–Kier alpha value is -2.51. The van der Waals surface area contributed by atoms with Crippen LogP contribution in [0.15, 0.2) is 18.2 Å². The number of halogens is 1. The highest BCUT2D eigenvalue weighted by Gasteiger charge is 2.25. The van der Waals surface area contributed by atoms with Crippen molar-refractivity contribution in [3.8, 4) is 5.75 Å². The Morgan fingerprint density at radius 1 is 1.11 bits per heavy atom. The van der Waals surface area contributed by atoms with Crippen LogP contribution in [0, 0.1) is 5.82 Å². The molecule has 0 aliphatic rings. The zero-order chi connectivity index (χ0) is 20.8. The predicted molar refractivity (Wildman–Crippen MR) is 100 cm³/mol. The summed E-state index contributed by atoms with van der Waals surface area (Å²) in [4.78, 5) is 25.4. The highest BCUT2D eigenvalue weighted by atomic mass is 19.1. The summed E-state index contributed by atoms with van der Waals surface area (Å²) >= 11 is 0. The molecule has 27 heavy (non-hydrogen) atoms. The summed E-state index contributed by atoms with van der Waals surface area (Å²) in [6, 6.07) is 3.37. The van der Waals surface area contributed by atoms with Crippen molar-refractivity contribution in [3.05, 3.63) is 24.0 Å². The Balaban J connectivity index is 2.78. The molecule has 0 atom stereocenters. The van der Waals surface area contributed by atoms with Crippen LogP contribution >= 0.6 is 0 Å². The van der Waals surface area contributed by atoms with Crippen LogP contribution in [0.25, 0.3) is 0 Å². The summed E-state index contributed by atoms with van der Waals surface area (Å²) in [5.41, 5.74) is -1.21. The van der Waals surface area contributed by atoms with Crippen molar-refractivity contribution >= 4 is 17.9 Å². The largest absolute Gasteiger partial charge is 0.506 e. The van der Waals surface area contributed by atoms with E-state index in [1.165, 1.54) is 11.0 Å². The van der Waals surface area contributed by atoms with Gasteiger partial charge in [-0.05, 0) is 60.1 Å². The molecule has 1 aromatic rings. The van der Waals surface area contributed by atoms with Crippen LogP contribution in [0.3, 0.4) is 0 Å². The van der Waals surface area contributed by atoms with Gasteiger partial charge >= 0.3 is 12.2 Å². The lowest BCUT2D eigenvalue weighted by Crippen LogP contribution is -2.39. The molecule has 0 saturated carbocycles. The first-order chi connectivity index (χ1) is 12.3. The van der Waals surface area contributed by atoms with Gasteiger partial charge < -0.3 is 19.9 Å². The van der Waals surface area contributed by atoms with Crippen LogP contribution in [-0.4, -0.2) is 41.6 Å². The number of aromatic hydroxyl groups is 1. The lowest BCUT2D eigenvalue weighted by atomic mass is 10.2. The van der Waals surface area contributed by atoms with Gasteiger partial charge in [-0.1, -0.05) is 0 Å². The molecule has 0 aromatic heterocycles. The van der Waals surface area contributed by atoms with Crippen molar-refractivity contribution in [1.82, 2.24) is 5.32 Å². The van der Waals surface area contributed by atoms with Gasteiger partial charge in [-0.3, -0.25) is 4.90 Å². The maximum atomic E-state index is 13.3. The van der Waals surface area contributed by atoms with Crippen molar-refractivity contribution in [2.24, 2.45) is 0 Å². The number of nitrogens with zero attached hydrogens (tertiary/aromatic N) is 1. The van der Waals surface area contributed by atoms with E-state index in [2.05, 4.69) is 5.32 Å². The van der Waals surface area contributed by atoms with E-state index in [-0.39, 0.29) is 24.5 Å². The molecule has 0 saturated heterocycles. The summed E-state index contributed by atoms with van der Waals surface area (Å²) in [7, 11) is 0. The van der Waals surface area contributed by atoms with Crippen LogP contribution in [0.1, 0.15) is 48.0 Å². The first-order valence-corrected chi connectivity index (χ1v) is 8.74. The molecule has 7 nitrogen and oxygen atoms in total. The number of alkyl carbamates (subject to hydrolysis) is 1. The summed E-state index contributed by atoms with van der Waals surface area (Å²) < 4.78 is 23.7. The number of amides is 2. The quantitative estimate of drug-likeness (QED) is 0.743. The molecule has 0 aliphatic carbocycles. The number of hydrogen-bond donors (Lipinski definition) is 2. The number of carbonyl (C=O) groups is 2. The standard InChI is InChI=1S/C19H29FN2O5/c1-18(2,3)26-16(24)21-10-7-11-22(17(25)27-19(4,5)6)14-9-8-13(20)12-15(14)23/h8-9,12,23H,7,10-11H2,1-6H3,(H,21,24). The summed E-state index contributed by atoms with van der Waals surface area (Å²) in [6.07, 6.45) is -0.868. The van der Waals surface area contributed by atoms with Crippen molar-refractivity contribution in [3.63, 3.8) is 0 Å². The summed E-state index contributed by atoms with van der Waals surface area (Å²) in [6.45, 7) is 10.8. The van der Waals surface area contributed by atoms with Crippen LogP contribution in [0.2, 0.25) is 0 Å². The van der Waals surface area contributed by atoms with Crippen LogP contribution in [-0.2, 0) is 9.47 Å². The molecule has 0 spiro atoms. The van der Waals surface area contributed by atoms with Gasteiger partial charge in [0.15, 0.2) is 0 Å². The van der Waals surface area contributed by atoms with Crippen LogP contribution < -0.4 is 10.2 Å². The SMILES string of the molecule is CC(C)(C)OC(=O)NCCCN(C(=O)OC(C)(C)C)c1ccc(F)cc1O. The molecule has 0 radical (unpaired) electrons. The predicted octanol–water partition coefficient (Wildman–Crippen LogP) is 4.19. The Kier molecular flexibility index (Phi) is 7.45. The van der Waals surface area contributed by atoms with E-state index in [1.54, 1.807) is 41.5 Å². The highest BCUT2D eigenvalue weighted by Crippen LogP contribution is 2.29. The van der Waals surface area contributed by atoms with E-state index < -0.39 is 29.2 Å². The molecule has 0 heterocycles. The van der Waals surface area contributed by atoms with Gasteiger partial charge in [-0.15, -0.1) is 0 Å². The summed E-state index contributed by atoms with van der Waals surface area (Å²) in [5.74, 6) is -0.993. The maximum absolute atomic E-state index is 13.3. The minimum absolute atomic E-state index is 0.128. The van der Waals surface area contributed by atoms with Gasteiger partial charge in [0.2, 0.25) is 0 Å². The molecule has 0 fully saturated rings. The maximum Gasteiger partial charge on any atom is 0.414 e.